The molecular formula is C86H96FeN14O8-4. The van der Waals surface area contributed by atoms with Crippen LogP contribution in [0, 0.1) is 118 Å². The Hall–Kier alpha value is -10.2. The van der Waals surface area contributed by atoms with Crippen LogP contribution in [0.4, 0.5) is 0 Å². The molecule has 12 fully saturated rings. The zero-order chi connectivity index (χ0) is 78.7. The van der Waals surface area contributed by atoms with Crippen LogP contribution >= 0.6 is 0 Å². The van der Waals surface area contributed by atoms with Gasteiger partial charge in [0.15, 0.2) is 0 Å². The van der Waals surface area contributed by atoms with Crippen LogP contribution in [0.5, 0.6) is 23.0 Å². The van der Waals surface area contributed by atoms with Crippen molar-refractivity contribution >= 4 is 43.6 Å². The second-order valence-corrected chi connectivity index (χ2v) is 27.9. The molecule has 0 saturated carbocycles. The summed E-state index contributed by atoms with van der Waals surface area (Å²) in [7, 11) is 6.65. The SMILES string of the molecule is C=C[C@H]1CN2CC[C@H]1C[C@H]2[C@H](O)c1ccnc2ccc(OC)cc12.C=C[C@H]1CN2CC[C@H]1C[C@H]2[C@H](O)c1ccnc2ccc(OC)cc12.C=C[C@H]1CN2CC[C@H]1C[C@H]2[C@H](O)c1ccnc2ccc(OC)cc12.C=C[C@H]1CN2CC[C@H]1C[C@H]2[C@H](O)c1ccnc2ccc(OC)cc12.[C-]#N.[C-]#N.[C-]#N.[C-]#N.[C-]#N.[C-]#N.[Fe+2]. The molecular weight excluding hydrogens is 1410 g/mol. The van der Waals surface area contributed by atoms with Gasteiger partial charge in [0, 0.05) is 96.7 Å². The van der Waals surface area contributed by atoms with Gasteiger partial charge >= 0.3 is 17.1 Å². The van der Waals surface area contributed by atoms with E-state index < -0.39 is 24.4 Å². The van der Waals surface area contributed by atoms with Gasteiger partial charge in [-0.3, -0.25) is 39.5 Å². The van der Waals surface area contributed by atoms with E-state index in [4.69, 9.17) is 90.0 Å². The molecule has 22 nitrogen and oxygen atoms in total. The number of aromatic nitrogens is 4. The van der Waals surface area contributed by atoms with Crippen LogP contribution in [0.1, 0.15) is 98.0 Å². The molecule has 16 heterocycles. The molecule has 20 rings (SSSR count). The minimum Gasteiger partial charge on any atom is -0.512 e. The van der Waals surface area contributed by atoms with E-state index in [0.717, 1.165) is 167 Å². The topological polar surface area (TPSA) is 325 Å². The number of aliphatic hydroxyl groups is 4. The van der Waals surface area contributed by atoms with Crippen LogP contribution in [0.15, 0.2) is 172 Å². The van der Waals surface area contributed by atoms with Crippen LogP contribution in [0.25, 0.3) is 43.6 Å². The number of aliphatic hydroxyl groups excluding tert-OH is 4. The molecule has 4 aromatic carbocycles. The summed E-state index contributed by atoms with van der Waals surface area (Å²) in [6.45, 7) is 52.8. The van der Waals surface area contributed by atoms with Gasteiger partial charge in [-0.15, -0.1) is 26.3 Å². The summed E-state index contributed by atoms with van der Waals surface area (Å²) in [4.78, 5) is 27.4. The molecule has 12 aliphatic rings. The number of ether oxygens (including phenoxy) is 4. The molecule has 109 heavy (non-hydrogen) atoms. The Morgan fingerprint density at radius 2 is 0.541 bits per heavy atom. The summed E-state index contributed by atoms with van der Waals surface area (Å²) in [5, 5.41) is 86.0. The molecule has 23 heteroatoms. The maximum Gasteiger partial charge on any atom is 2.00 e. The van der Waals surface area contributed by atoms with Crippen molar-refractivity contribution in [2.24, 2.45) is 47.3 Å². The Morgan fingerprint density at radius 3 is 0.697 bits per heavy atom. The Bertz CT molecular complexity index is 3860. The second kappa shape index (κ2) is 43.1. The predicted octanol–water partition coefficient (Wildman–Crippen LogP) is 13.3. The van der Waals surface area contributed by atoms with Gasteiger partial charge in [-0.1, -0.05) is 24.3 Å². The van der Waals surface area contributed by atoms with Crippen LogP contribution in [-0.4, -0.2) is 165 Å². The summed E-state index contributed by atoms with van der Waals surface area (Å²) in [5.74, 6) is 8.03. The second-order valence-electron chi connectivity index (χ2n) is 27.9. The number of hydrogen-bond donors (Lipinski definition) is 4. The molecule has 8 aromatic rings. The number of piperidine rings is 12. The summed E-state index contributed by atoms with van der Waals surface area (Å²) in [6.07, 6.45) is 22.5. The molecule has 0 amide bonds. The van der Waals surface area contributed by atoms with E-state index in [1.54, 1.807) is 53.2 Å². The van der Waals surface area contributed by atoms with E-state index in [-0.39, 0.29) is 41.2 Å². The average molecular weight is 1510 g/mol. The quantitative estimate of drug-likeness (QED) is 0.0397. The van der Waals surface area contributed by atoms with E-state index in [9.17, 15) is 20.4 Å². The fraction of sp³-hybridized carbons (Fsp3) is 0.419. The normalized spacial score (nSPS) is 26.8. The average Bonchev–Trinajstić information content (AvgIpc) is 0.782. The zero-order valence-corrected chi connectivity index (χ0v) is 63.4. The molecule has 12 aliphatic heterocycles. The first-order valence-electron chi connectivity index (χ1n) is 36.1. The van der Waals surface area contributed by atoms with Crippen LogP contribution in [0.2, 0.25) is 0 Å². The third kappa shape index (κ3) is 19.6. The van der Waals surface area contributed by atoms with Gasteiger partial charge in [-0.25, -0.2) is 0 Å². The van der Waals surface area contributed by atoms with Gasteiger partial charge in [0.2, 0.25) is 0 Å². The first kappa shape index (κ1) is 87.7. The number of fused-ring (bicyclic) bond motifs is 16. The van der Waals surface area contributed by atoms with Crippen LogP contribution in [-0.2, 0) is 17.1 Å². The fourth-order valence-corrected chi connectivity index (χ4v) is 17.8. The summed E-state index contributed by atoms with van der Waals surface area (Å²) >= 11 is 0. The number of benzene rings is 4. The maximum atomic E-state index is 11.2. The fourth-order valence-electron chi connectivity index (χ4n) is 17.8. The molecule has 12 saturated heterocycles. The van der Waals surface area contributed by atoms with Crippen molar-refractivity contribution in [2.45, 2.75) is 99.9 Å². The summed E-state index contributed by atoms with van der Waals surface area (Å²) in [5.41, 5.74) is 7.38. The number of pyridine rings is 4. The van der Waals surface area contributed by atoms with Crippen molar-refractivity contribution in [3.05, 3.63) is 234 Å². The number of hydrogen-bond acceptors (Lipinski definition) is 22. The van der Waals surface area contributed by atoms with Crippen molar-refractivity contribution in [2.75, 3.05) is 80.8 Å². The van der Waals surface area contributed by atoms with Gasteiger partial charge in [-0.2, -0.15) is 0 Å². The summed E-state index contributed by atoms with van der Waals surface area (Å²) < 4.78 is 21.4. The first-order valence-corrected chi connectivity index (χ1v) is 36.1. The van der Waals surface area contributed by atoms with Crippen molar-refractivity contribution in [1.29, 1.82) is 31.6 Å². The minimum absolute atomic E-state index is 0. The molecule has 8 bridgehead atoms. The van der Waals surface area contributed by atoms with Crippen LogP contribution in [0.3, 0.4) is 0 Å². The Kier molecular flexibility index (Phi) is 34.7. The Balaban J connectivity index is 0.000000216. The van der Waals surface area contributed by atoms with Crippen LogP contribution < -0.4 is 18.9 Å². The van der Waals surface area contributed by atoms with E-state index in [2.05, 4.69) is 90.2 Å². The van der Waals surface area contributed by atoms with E-state index >= 15 is 0 Å². The standard InChI is InChI=1S/4C20H24N2O2.6CN.Fe/c4*1-3-13-12-22-9-7-14(13)10-19(22)20(23)16-6-8-21-18-5-4-15(24-2)11-17(16)18;6*1-2;/h4*3-6,8,11,13-14,19-20,23H,1,7,9-10,12H2,2H3;;;;;;;/q;;;;6*-1;+2/t4*13-,14-,19-,20+;;;;;;;/m0000......./s1. The molecule has 4 N–H and O–H groups in total. The summed E-state index contributed by atoms with van der Waals surface area (Å²) in [6, 6.07) is 31.8. The molecule has 20 atom stereocenters. The molecule has 0 aliphatic carbocycles. The third-order valence-electron chi connectivity index (χ3n) is 23.3. The Morgan fingerprint density at radius 1 is 0.349 bits per heavy atom. The van der Waals surface area contributed by atoms with Gasteiger partial charge in [0.1, 0.15) is 23.0 Å². The zero-order valence-electron chi connectivity index (χ0n) is 62.3. The molecule has 4 aromatic heterocycles. The first-order chi connectivity index (χ1) is 52.8. The molecule has 0 radical (unpaired) electrons. The van der Waals surface area contributed by atoms with Crippen molar-refractivity contribution in [3.63, 3.8) is 0 Å². The van der Waals surface area contributed by atoms with Crippen molar-refractivity contribution in [1.82, 2.24) is 39.5 Å². The van der Waals surface area contributed by atoms with Gasteiger partial charge in [0.05, 0.1) is 74.9 Å². The smallest absolute Gasteiger partial charge is 0.512 e. The third-order valence-corrected chi connectivity index (χ3v) is 23.3. The van der Waals surface area contributed by atoms with E-state index in [1.807, 2.05) is 97.1 Å². The number of rotatable bonds is 16. The van der Waals surface area contributed by atoms with E-state index in [1.165, 1.54) is 25.7 Å². The molecule has 0 spiro atoms. The van der Waals surface area contributed by atoms with Crippen molar-refractivity contribution in [3.8, 4) is 23.0 Å². The van der Waals surface area contributed by atoms with Crippen molar-refractivity contribution < 1.29 is 56.4 Å². The predicted molar refractivity (Wildman–Crippen MR) is 410 cm³/mol. The monoisotopic (exact) mass is 1510 g/mol. The maximum absolute atomic E-state index is 11.2. The largest absolute Gasteiger partial charge is 2.00 e. The van der Waals surface area contributed by atoms with Gasteiger partial charge < -0.3 is 110 Å². The van der Waals surface area contributed by atoms with Gasteiger partial charge in [-0.05, 0) is 244 Å². The number of methoxy groups -OCH3 is 4. The number of nitrogens with zero attached hydrogens (tertiary/aromatic N) is 14. The Labute approximate surface area is 652 Å². The molecule has 570 valence electrons. The van der Waals surface area contributed by atoms with E-state index in [0.29, 0.717) is 47.3 Å². The minimum atomic E-state index is -0.504. The molecule has 4 unspecified atom stereocenters. The van der Waals surface area contributed by atoms with Gasteiger partial charge in [0.25, 0.3) is 0 Å².